The van der Waals surface area contributed by atoms with Crippen molar-refractivity contribution in [1.82, 2.24) is 5.32 Å². The lowest BCUT2D eigenvalue weighted by molar-refractivity contribution is -0.157. The van der Waals surface area contributed by atoms with E-state index in [-0.39, 0.29) is 13.0 Å². The normalized spacial score (nSPS) is 20.7. The third kappa shape index (κ3) is 5.20. The standard InChI is InChI=1S/C11H16F3NO5S/c1-10(2,3)19-9(16)8-6-7(4-5-15-8)20-21(17,18)11(12,13)14/h4,8,15H,5-6H2,1-3H3. The number of halogens is 3. The molecule has 0 aromatic carbocycles. The Morgan fingerprint density at radius 2 is 1.90 bits per heavy atom. The van der Waals surface area contributed by atoms with Crippen LogP contribution in [-0.2, 0) is 23.8 Å². The summed E-state index contributed by atoms with van der Waals surface area (Å²) in [7, 11) is -5.73. The van der Waals surface area contributed by atoms with Gasteiger partial charge in [0.15, 0.2) is 0 Å². The van der Waals surface area contributed by atoms with Crippen LogP contribution in [0.2, 0.25) is 0 Å². The zero-order valence-corrected chi connectivity index (χ0v) is 12.5. The summed E-state index contributed by atoms with van der Waals surface area (Å²) in [6, 6.07) is -0.965. The maximum atomic E-state index is 12.2. The monoisotopic (exact) mass is 331 g/mol. The second-order valence-electron chi connectivity index (χ2n) is 5.35. The molecule has 1 unspecified atom stereocenters. The number of carbonyl (C=O) groups is 1. The molecule has 1 N–H and O–H groups in total. The molecule has 0 spiro atoms. The van der Waals surface area contributed by atoms with E-state index in [1.165, 1.54) is 0 Å². The molecule has 1 atom stereocenters. The number of ether oxygens (including phenoxy) is 1. The van der Waals surface area contributed by atoms with Crippen LogP contribution in [0.25, 0.3) is 0 Å². The van der Waals surface area contributed by atoms with Crippen molar-refractivity contribution in [3.05, 3.63) is 11.8 Å². The molecule has 0 saturated carbocycles. The van der Waals surface area contributed by atoms with E-state index in [2.05, 4.69) is 9.50 Å². The van der Waals surface area contributed by atoms with Gasteiger partial charge in [-0.05, 0) is 26.8 Å². The molecule has 0 saturated heterocycles. The van der Waals surface area contributed by atoms with Crippen LogP contribution in [0.15, 0.2) is 11.8 Å². The number of nitrogens with one attached hydrogen (secondary N) is 1. The van der Waals surface area contributed by atoms with Gasteiger partial charge in [-0.15, -0.1) is 0 Å². The van der Waals surface area contributed by atoms with E-state index in [1.807, 2.05) is 0 Å². The Labute approximate surface area is 120 Å². The smallest absolute Gasteiger partial charge is 0.459 e. The van der Waals surface area contributed by atoms with Crippen LogP contribution in [0.3, 0.4) is 0 Å². The van der Waals surface area contributed by atoms with Crippen LogP contribution in [0.4, 0.5) is 13.2 Å². The molecule has 0 aromatic heterocycles. The average molecular weight is 331 g/mol. The lowest BCUT2D eigenvalue weighted by Crippen LogP contribution is -2.44. The van der Waals surface area contributed by atoms with Crippen molar-refractivity contribution in [3.8, 4) is 0 Å². The first kappa shape index (κ1) is 17.8. The Morgan fingerprint density at radius 1 is 1.33 bits per heavy atom. The molecular formula is C11H16F3NO5S. The Kier molecular flexibility index (Phi) is 4.94. The molecule has 0 fully saturated rings. The largest absolute Gasteiger partial charge is 0.534 e. The van der Waals surface area contributed by atoms with E-state index in [0.29, 0.717) is 0 Å². The van der Waals surface area contributed by atoms with Crippen molar-refractivity contribution in [1.29, 1.82) is 0 Å². The minimum Gasteiger partial charge on any atom is -0.459 e. The van der Waals surface area contributed by atoms with Crippen molar-refractivity contribution < 1.29 is 35.3 Å². The molecule has 6 nitrogen and oxygen atoms in total. The van der Waals surface area contributed by atoms with Crippen LogP contribution in [0.1, 0.15) is 27.2 Å². The van der Waals surface area contributed by atoms with E-state index in [0.717, 1.165) is 6.08 Å². The van der Waals surface area contributed by atoms with E-state index in [1.54, 1.807) is 20.8 Å². The van der Waals surface area contributed by atoms with E-state index < -0.39 is 39.0 Å². The SMILES string of the molecule is CC(C)(C)OC(=O)C1CC(OS(=O)(=O)C(F)(F)F)=CCN1. The maximum absolute atomic E-state index is 12.2. The van der Waals surface area contributed by atoms with Crippen LogP contribution >= 0.6 is 0 Å². The molecular weight excluding hydrogens is 315 g/mol. The van der Waals surface area contributed by atoms with Crippen molar-refractivity contribution in [3.63, 3.8) is 0 Å². The maximum Gasteiger partial charge on any atom is 0.534 e. The van der Waals surface area contributed by atoms with Gasteiger partial charge in [0, 0.05) is 13.0 Å². The fraction of sp³-hybridized carbons (Fsp3) is 0.727. The molecule has 0 aromatic rings. The first-order valence-corrected chi connectivity index (χ1v) is 7.39. The summed E-state index contributed by atoms with van der Waals surface area (Å²) >= 11 is 0. The van der Waals surface area contributed by atoms with Gasteiger partial charge in [0.2, 0.25) is 0 Å². The molecule has 1 heterocycles. The topological polar surface area (TPSA) is 81.7 Å². The number of hydrogen-bond donors (Lipinski definition) is 1. The first-order chi connectivity index (χ1) is 9.32. The van der Waals surface area contributed by atoms with Crippen molar-refractivity contribution in [2.75, 3.05) is 6.54 Å². The summed E-state index contributed by atoms with van der Waals surface area (Å²) in [5.74, 6) is -1.14. The molecule has 0 aliphatic carbocycles. The molecule has 0 radical (unpaired) electrons. The van der Waals surface area contributed by atoms with E-state index >= 15 is 0 Å². The fourth-order valence-corrected chi connectivity index (χ4v) is 1.98. The third-order valence-electron chi connectivity index (χ3n) is 2.29. The summed E-state index contributed by atoms with van der Waals surface area (Å²) in [5, 5.41) is 2.69. The summed E-state index contributed by atoms with van der Waals surface area (Å²) in [4.78, 5) is 11.8. The highest BCUT2D eigenvalue weighted by Crippen LogP contribution is 2.28. The highest BCUT2D eigenvalue weighted by Gasteiger charge is 2.49. The van der Waals surface area contributed by atoms with Crippen LogP contribution in [0, 0.1) is 0 Å². The first-order valence-electron chi connectivity index (χ1n) is 5.98. The molecule has 1 aliphatic rings. The number of rotatable bonds is 3. The van der Waals surface area contributed by atoms with Crippen LogP contribution in [0.5, 0.6) is 0 Å². The van der Waals surface area contributed by atoms with Gasteiger partial charge in [0.05, 0.1) is 0 Å². The van der Waals surface area contributed by atoms with Gasteiger partial charge in [-0.1, -0.05) is 0 Å². The van der Waals surface area contributed by atoms with Gasteiger partial charge in [0.1, 0.15) is 17.4 Å². The molecule has 21 heavy (non-hydrogen) atoms. The minimum atomic E-state index is -5.73. The second-order valence-corrected chi connectivity index (χ2v) is 6.89. The van der Waals surface area contributed by atoms with Crippen molar-refractivity contribution in [2.24, 2.45) is 0 Å². The predicted molar refractivity (Wildman–Crippen MR) is 66.4 cm³/mol. The zero-order chi connectivity index (χ0) is 16.5. The summed E-state index contributed by atoms with van der Waals surface area (Å²) in [6.45, 7) is 4.89. The Hall–Kier alpha value is -1.29. The van der Waals surface area contributed by atoms with E-state index in [9.17, 15) is 26.4 Å². The average Bonchev–Trinajstić information content (AvgIpc) is 2.24. The molecule has 0 bridgehead atoms. The zero-order valence-electron chi connectivity index (χ0n) is 11.7. The lowest BCUT2D eigenvalue weighted by atomic mass is 10.1. The van der Waals surface area contributed by atoms with Gasteiger partial charge in [-0.2, -0.15) is 21.6 Å². The van der Waals surface area contributed by atoms with Crippen LogP contribution in [-0.4, -0.2) is 38.1 Å². The lowest BCUT2D eigenvalue weighted by Gasteiger charge is -2.27. The third-order valence-corrected chi connectivity index (χ3v) is 3.29. The van der Waals surface area contributed by atoms with E-state index in [4.69, 9.17) is 4.74 Å². The van der Waals surface area contributed by atoms with Gasteiger partial charge in [-0.3, -0.25) is 4.79 Å². The molecule has 10 heteroatoms. The number of alkyl halides is 3. The summed E-state index contributed by atoms with van der Waals surface area (Å²) < 4.78 is 67.5. The Bertz CT molecular complexity index is 533. The predicted octanol–water partition coefficient (Wildman–Crippen LogP) is 1.44. The number of hydrogen-bond acceptors (Lipinski definition) is 6. The Balaban J connectivity index is 2.74. The summed E-state index contributed by atoms with van der Waals surface area (Å²) in [5.41, 5.74) is -6.28. The molecule has 0 amide bonds. The fourth-order valence-electron chi connectivity index (χ4n) is 1.47. The quantitative estimate of drug-likeness (QED) is 0.479. The Morgan fingerprint density at radius 3 is 2.38 bits per heavy atom. The highest BCUT2D eigenvalue weighted by atomic mass is 32.2. The van der Waals surface area contributed by atoms with Crippen molar-refractivity contribution >= 4 is 16.1 Å². The number of carbonyl (C=O) groups excluding carboxylic acids is 1. The second kappa shape index (κ2) is 5.84. The van der Waals surface area contributed by atoms with Gasteiger partial charge in [0.25, 0.3) is 0 Å². The minimum absolute atomic E-state index is 0.00732. The number of esters is 1. The molecule has 1 rings (SSSR count). The van der Waals surface area contributed by atoms with Gasteiger partial charge >= 0.3 is 21.6 Å². The van der Waals surface area contributed by atoms with Gasteiger partial charge < -0.3 is 14.2 Å². The van der Waals surface area contributed by atoms with Crippen LogP contribution < -0.4 is 5.32 Å². The summed E-state index contributed by atoms with van der Waals surface area (Å²) in [6.07, 6.45) is 0.786. The molecule has 122 valence electrons. The highest BCUT2D eigenvalue weighted by molar-refractivity contribution is 7.87. The molecule has 1 aliphatic heterocycles. The van der Waals surface area contributed by atoms with Gasteiger partial charge in [-0.25, -0.2) is 0 Å². The van der Waals surface area contributed by atoms with Crippen molar-refractivity contribution in [2.45, 2.75) is 44.3 Å².